The fourth-order valence-corrected chi connectivity index (χ4v) is 2.56. The zero-order valence-corrected chi connectivity index (χ0v) is 12.3. The molecule has 110 valence electrons. The van der Waals surface area contributed by atoms with Crippen molar-refractivity contribution in [3.8, 4) is 5.75 Å². The molecule has 0 atom stereocenters. The van der Waals surface area contributed by atoms with E-state index in [0.717, 1.165) is 16.5 Å². The van der Waals surface area contributed by atoms with E-state index in [9.17, 15) is 14.7 Å². The summed E-state index contributed by atoms with van der Waals surface area (Å²) in [5.41, 5.74) is 1.44. The van der Waals surface area contributed by atoms with Crippen LogP contribution in [0.3, 0.4) is 0 Å². The molecule has 0 spiro atoms. The van der Waals surface area contributed by atoms with Gasteiger partial charge in [-0.05, 0) is 36.6 Å². The maximum atomic E-state index is 12.7. The molecule has 0 unspecified atom stereocenters. The maximum absolute atomic E-state index is 12.7. The summed E-state index contributed by atoms with van der Waals surface area (Å²) in [5, 5.41) is 10.7. The standard InChI is InChI=1S/C18H15NO3/c1-11-7-8-16(20)13(9-11)17(21)14-10-12-5-3-4-6-15(12)19(2)18(14)22/h3-10,20H,1-2H3. The van der Waals surface area contributed by atoms with Gasteiger partial charge in [-0.15, -0.1) is 0 Å². The minimum absolute atomic E-state index is 0.0575. The smallest absolute Gasteiger partial charge is 0.262 e. The van der Waals surface area contributed by atoms with Crippen molar-refractivity contribution in [2.45, 2.75) is 6.92 Å². The van der Waals surface area contributed by atoms with Gasteiger partial charge in [-0.3, -0.25) is 9.59 Å². The second-order valence-corrected chi connectivity index (χ2v) is 5.33. The molecule has 1 heterocycles. The number of phenolic OH excluding ortho intramolecular Hbond substituents is 1. The molecule has 4 heteroatoms. The van der Waals surface area contributed by atoms with Crippen molar-refractivity contribution in [3.63, 3.8) is 0 Å². The van der Waals surface area contributed by atoms with Gasteiger partial charge in [-0.1, -0.05) is 29.8 Å². The number of aromatic nitrogens is 1. The highest BCUT2D eigenvalue weighted by atomic mass is 16.3. The van der Waals surface area contributed by atoms with Crippen molar-refractivity contribution >= 4 is 16.7 Å². The summed E-state index contributed by atoms with van der Waals surface area (Å²) in [4.78, 5) is 25.1. The first-order chi connectivity index (χ1) is 10.5. The molecule has 0 saturated carbocycles. The van der Waals surface area contributed by atoms with Crippen LogP contribution >= 0.6 is 0 Å². The van der Waals surface area contributed by atoms with E-state index in [1.54, 1.807) is 25.2 Å². The van der Waals surface area contributed by atoms with Crippen LogP contribution in [-0.2, 0) is 7.05 Å². The Morgan fingerprint density at radius 3 is 2.55 bits per heavy atom. The minimum atomic E-state index is -0.465. The predicted molar refractivity (Wildman–Crippen MR) is 85.5 cm³/mol. The number of benzene rings is 2. The summed E-state index contributed by atoms with van der Waals surface area (Å²) >= 11 is 0. The number of rotatable bonds is 2. The van der Waals surface area contributed by atoms with E-state index >= 15 is 0 Å². The van der Waals surface area contributed by atoms with Gasteiger partial charge in [0.05, 0.1) is 16.6 Å². The van der Waals surface area contributed by atoms with Crippen LogP contribution in [-0.4, -0.2) is 15.5 Å². The van der Waals surface area contributed by atoms with Crippen LogP contribution in [0.4, 0.5) is 0 Å². The molecule has 22 heavy (non-hydrogen) atoms. The van der Waals surface area contributed by atoms with Gasteiger partial charge in [0.25, 0.3) is 5.56 Å². The number of para-hydroxylation sites is 1. The molecule has 3 aromatic rings. The van der Waals surface area contributed by atoms with E-state index in [4.69, 9.17) is 0 Å². The Morgan fingerprint density at radius 2 is 1.77 bits per heavy atom. The number of phenols is 1. The number of hydrogen-bond donors (Lipinski definition) is 1. The van der Waals surface area contributed by atoms with E-state index in [0.29, 0.717) is 0 Å². The summed E-state index contributed by atoms with van der Waals surface area (Å²) in [6.07, 6.45) is 0. The SMILES string of the molecule is Cc1ccc(O)c(C(=O)c2cc3ccccc3n(C)c2=O)c1. The number of nitrogens with zero attached hydrogens (tertiary/aromatic N) is 1. The quantitative estimate of drug-likeness (QED) is 0.739. The van der Waals surface area contributed by atoms with Gasteiger partial charge in [0.2, 0.25) is 5.78 Å². The predicted octanol–water partition coefficient (Wildman–Crippen LogP) is 2.78. The third kappa shape index (κ3) is 2.19. The highest BCUT2D eigenvalue weighted by Crippen LogP contribution is 2.22. The molecular formula is C18H15NO3. The average Bonchev–Trinajstić information content (AvgIpc) is 2.52. The Kier molecular flexibility index (Phi) is 3.29. The van der Waals surface area contributed by atoms with Gasteiger partial charge in [0.1, 0.15) is 5.75 Å². The zero-order chi connectivity index (χ0) is 15.9. The van der Waals surface area contributed by atoms with Crippen LogP contribution in [0.2, 0.25) is 0 Å². The number of carbonyl (C=O) groups excluding carboxylic acids is 1. The van der Waals surface area contributed by atoms with E-state index in [1.807, 2.05) is 31.2 Å². The molecule has 0 fully saturated rings. The maximum Gasteiger partial charge on any atom is 0.262 e. The van der Waals surface area contributed by atoms with Crippen molar-refractivity contribution in [2.24, 2.45) is 7.05 Å². The fourth-order valence-electron chi connectivity index (χ4n) is 2.56. The Balaban J connectivity index is 2.26. The van der Waals surface area contributed by atoms with Gasteiger partial charge in [-0.25, -0.2) is 0 Å². The van der Waals surface area contributed by atoms with Crippen LogP contribution in [0, 0.1) is 6.92 Å². The third-order valence-electron chi connectivity index (χ3n) is 3.77. The van der Waals surface area contributed by atoms with Gasteiger partial charge >= 0.3 is 0 Å². The molecule has 0 aliphatic rings. The number of aryl methyl sites for hydroxylation is 2. The molecule has 0 aliphatic carbocycles. The molecule has 0 amide bonds. The number of fused-ring (bicyclic) bond motifs is 1. The third-order valence-corrected chi connectivity index (χ3v) is 3.77. The van der Waals surface area contributed by atoms with E-state index < -0.39 is 5.78 Å². The molecule has 1 aromatic heterocycles. The summed E-state index contributed by atoms with van der Waals surface area (Å²) in [6, 6.07) is 13.7. The first-order valence-electron chi connectivity index (χ1n) is 6.92. The van der Waals surface area contributed by atoms with Crippen LogP contribution in [0.1, 0.15) is 21.5 Å². The van der Waals surface area contributed by atoms with Crippen molar-refractivity contribution in [3.05, 3.63) is 75.6 Å². The Bertz CT molecular complexity index is 954. The Hall–Kier alpha value is -2.88. The Morgan fingerprint density at radius 1 is 1.05 bits per heavy atom. The number of aromatic hydroxyl groups is 1. The summed E-state index contributed by atoms with van der Waals surface area (Å²) in [7, 11) is 1.64. The first kappa shape index (κ1) is 14.1. The summed E-state index contributed by atoms with van der Waals surface area (Å²) in [6.45, 7) is 1.83. The number of ketones is 1. The van der Waals surface area contributed by atoms with Gasteiger partial charge in [0, 0.05) is 7.05 Å². The molecule has 0 radical (unpaired) electrons. The topological polar surface area (TPSA) is 59.3 Å². The van der Waals surface area contributed by atoms with Crippen molar-refractivity contribution in [2.75, 3.05) is 0 Å². The van der Waals surface area contributed by atoms with Crippen molar-refractivity contribution < 1.29 is 9.90 Å². The lowest BCUT2D eigenvalue weighted by Crippen LogP contribution is -2.25. The molecule has 2 aromatic carbocycles. The summed E-state index contributed by atoms with van der Waals surface area (Å²) < 4.78 is 1.45. The summed E-state index contributed by atoms with van der Waals surface area (Å²) in [5.74, 6) is -0.585. The van der Waals surface area contributed by atoms with E-state index in [1.165, 1.54) is 10.6 Å². The molecular weight excluding hydrogens is 278 g/mol. The lowest BCUT2D eigenvalue weighted by Gasteiger charge is -2.09. The molecule has 4 nitrogen and oxygen atoms in total. The highest BCUT2D eigenvalue weighted by molar-refractivity contribution is 6.11. The minimum Gasteiger partial charge on any atom is -0.507 e. The van der Waals surface area contributed by atoms with Crippen molar-refractivity contribution in [1.29, 1.82) is 0 Å². The first-order valence-corrected chi connectivity index (χ1v) is 6.92. The molecule has 1 N–H and O–H groups in total. The number of hydrogen-bond acceptors (Lipinski definition) is 3. The van der Waals surface area contributed by atoms with Gasteiger partial charge in [-0.2, -0.15) is 0 Å². The molecule has 0 saturated heterocycles. The second-order valence-electron chi connectivity index (χ2n) is 5.33. The van der Waals surface area contributed by atoms with Gasteiger partial charge < -0.3 is 9.67 Å². The monoisotopic (exact) mass is 293 g/mol. The average molecular weight is 293 g/mol. The Labute approximate surface area is 127 Å². The van der Waals surface area contributed by atoms with Crippen molar-refractivity contribution in [1.82, 2.24) is 4.57 Å². The second kappa shape index (κ2) is 5.15. The number of carbonyl (C=O) groups is 1. The number of pyridine rings is 1. The molecule has 0 bridgehead atoms. The lowest BCUT2D eigenvalue weighted by molar-refractivity contribution is 0.103. The van der Waals surface area contributed by atoms with Crippen LogP contribution < -0.4 is 5.56 Å². The van der Waals surface area contributed by atoms with Crippen LogP contribution in [0.25, 0.3) is 10.9 Å². The van der Waals surface area contributed by atoms with Crippen LogP contribution in [0.15, 0.2) is 53.3 Å². The van der Waals surface area contributed by atoms with Gasteiger partial charge in [0.15, 0.2) is 0 Å². The highest BCUT2D eigenvalue weighted by Gasteiger charge is 2.19. The zero-order valence-electron chi connectivity index (χ0n) is 12.3. The largest absolute Gasteiger partial charge is 0.507 e. The van der Waals surface area contributed by atoms with E-state index in [-0.39, 0.29) is 22.4 Å². The lowest BCUT2D eigenvalue weighted by atomic mass is 10.00. The van der Waals surface area contributed by atoms with E-state index in [2.05, 4.69) is 0 Å². The molecule has 3 rings (SSSR count). The fraction of sp³-hybridized carbons (Fsp3) is 0.111. The molecule has 0 aliphatic heterocycles. The van der Waals surface area contributed by atoms with Crippen LogP contribution in [0.5, 0.6) is 5.75 Å². The normalized spacial score (nSPS) is 10.8.